The Morgan fingerprint density at radius 3 is 2.66 bits per heavy atom. The second-order valence-electron chi connectivity index (χ2n) is 6.70. The van der Waals surface area contributed by atoms with Crippen molar-refractivity contribution >= 4 is 17.6 Å². The van der Waals surface area contributed by atoms with Crippen LogP contribution in [0.25, 0.3) is 5.69 Å². The molecular weight excluding hydrogens is 391 g/mol. The molecule has 1 fully saturated rings. The number of hydrogen-bond acceptors (Lipinski definition) is 3. The summed E-state index contributed by atoms with van der Waals surface area (Å²) in [6.07, 6.45) is -2.23. The molecule has 3 amide bonds. The number of carbonyl (C=O) groups is 2. The number of rotatable bonds is 4. The number of H-pyrrole nitrogens is 1. The Labute approximate surface area is 163 Å². The van der Waals surface area contributed by atoms with Crippen molar-refractivity contribution in [2.24, 2.45) is 0 Å². The van der Waals surface area contributed by atoms with Gasteiger partial charge in [0.2, 0.25) is 5.91 Å². The van der Waals surface area contributed by atoms with Gasteiger partial charge in [-0.2, -0.15) is 13.2 Å². The van der Waals surface area contributed by atoms with Crippen LogP contribution in [0.1, 0.15) is 18.5 Å². The summed E-state index contributed by atoms with van der Waals surface area (Å²) in [7, 11) is 0. The van der Waals surface area contributed by atoms with E-state index in [1.807, 2.05) is 5.32 Å². The quantitative estimate of drug-likeness (QED) is 0.719. The van der Waals surface area contributed by atoms with E-state index in [1.165, 1.54) is 15.7 Å². The van der Waals surface area contributed by atoms with Crippen molar-refractivity contribution in [3.05, 3.63) is 46.6 Å². The van der Waals surface area contributed by atoms with E-state index in [2.05, 4.69) is 10.3 Å². The Hall–Kier alpha value is -3.24. The van der Waals surface area contributed by atoms with Crippen LogP contribution in [0.15, 0.2) is 35.3 Å². The molecule has 29 heavy (non-hydrogen) atoms. The molecule has 2 aromatic rings. The summed E-state index contributed by atoms with van der Waals surface area (Å²) in [5.74, 6) is -0.846. The van der Waals surface area contributed by atoms with E-state index in [0.29, 0.717) is 23.5 Å². The lowest BCUT2D eigenvalue weighted by Crippen LogP contribution is -2.49. The second-order valence-corrected chi connectivity index (χ2v) is 6.70. The third-order valence-electron chi connectivity index (χ3n) is 4.63. The van der Waals surface area contributed by atoms with Gasteiger partial charge in [-0.1, -0.05) is 12.1 Å². The summed E-state index contributed by atoms with van der Waals surface area (Å²) >= 11 is 0. The molecule has 1 aromatic heterocycles. The monoisotopic (exact) mass is 411 g/mol. The lowest BCUT2D eigenvalue weighted by molar-refractivity contribution is -0.140. The van der Waals surface area contributed by atoms with Crippen LogP contribution in [0.3, 0.4) is 0 Å². The van der Waals surface area contributed by atoms with Crippen LogP contribution in [-0.4, -0.2) is 51.7 Å². The molecule has 0 aliphatic carbocycles. The first-order chi connectivity index (χ1) is 13.7. The molecule has 3 rings (SSSR count). The van der Waals surface area contributed by atoms with Crippen LogP contribution in [0, 0.1) is 6.92 Å². The number of benzene rings is 1. The van der Waals surface area contributed by atoms with E-state index < -0.39 is 30.7 Å². The van der Waals surface area contributed by atoms with Crippen molar-refractivity contribution in [2.75, 3.05) is 18.4 Å². The molecule has 1 atom stereocenters. The van der Waals surface area contributed by atoms with E-state index in [1.54, 1.807) is 31.2 Å². The predicted octanol–water partition coefficient (Wildman–Crippen LogP) is 2.15. The van der Waals surface area contributed by atoms with Crippen molar-refractivity contribution in [1.29, 1.82) is 0 Å². The van der Waals surface area contributed by atoms with Crippen LogP contribution in [0.4, 0.5) is 23.7 Å². The molecular formula is C18H20F3N5O3. The number of hydrogen-bond donors (Lipinski definition) is 3. The highest BCUT2D eigenvalue weighted by Crippen LogP contribution is 2.23. The number of halogens is 3. The number of carbonyl (C=O) groups excluding carboxylic acids is 2. The first kappa shape index (κ1) is 20.5. The largest absolute Gasteiger partial charge is 0.405 e. The summed E-state index contributed by atoms with van der Waals surface area (Å²) in [5, 5.41) is 4.49. The van der Waals surface area contributed by atoms with Gasteiger partial charge < -0.3 is 20.5 Å². The highest BCUT2D eigenvalue weighted by atomic mass is 19.4. The summed E-state index contributed by atoms with van der Waals surface area (Å²) in [6.45, 7) is 0.509. The van der Waals surface area contributed by atoms with Gasteiger partial charge in [0, 0.05) is 18.4 Å². The molecule has 1 aliphatic rings. The second kappa shape index (κ2) is 8.02. The average molecular weight is 411 g/mol. The molecule has 3 N–H and O–H groups in total. The fourth-order valence-corrected chi connectivity index (χ4v) is 3.30. The topological polar surface area (TPSA) is 99.2 Å². The number of amides is 3. The minimum atomic E-state index is -4.53. The minimum Gasteiger partial charge on any atom is -0.345 e. The minimum absolute atomic E-state index is 0.237. The van der Waals surface area contributed by atoms with Gasteiger partial charge in [-0.3, -0.25) is 9.36 Å². The fourth-order valence-electron chi connectivity index (χ4n) is 3.30. The Balaban J connectivity index is 1.77. The number of aromatic amines is 1. The zero-order valence-electron chi connectivity index (χ0n) is 15.5. The van der Waals surface area contributed by atoms with E-state index in [9.17, 15) is 27.6 Å². The molecule has 11 heteroatoms. The smallest absolute Gasteiger partial charge is 0.345 e. The molecule has 0 radical (unpaired) electrons. The van der Waals surface area contributed by atoms with Crippen molar-refractivity contribution in [3.8, 4) is 5.69 Å². The normalized spacial score (nSPS) is 16.7. The zero-order valence-corrected chi connectivity index (χ0v) is 15.5. The molecule has 2 heterocycles. The molecule has 0 spiro atoms. The number of para-hydroxylation sites is 2. The van der Waals surface area contributed by atoms with Crippen molar-refractivity contribution in [3.63, 3.8) is 0 Å². The van der Waals surface area contributed by atoms with Gasteiger partial charge >= 0.3 is 17.9 Å². The lowest BCUT2D eigenvalue weighted by Gasteiger charge is -2.25. The van der Waals surface area contributed by atoms with Crippen molar-refractivity contribution in [2.45, 2.75) is 32.0 Å². The van der Waals surface area contributed by atoms with Crippen molar-refractivity contribution < 1.29 is 22.8 Å². The standard InChI is InChI=1S/C18H20F3N5O3/c1-11-9-22-16(28)26(11)13-6-3-2-5-12(13)24-17(29)25-8-4-7-14(25)15(27)23-10-18(19,20)21/h2-3,5-6,9,14H,4,7-8,10H2,1H3,(H,22,28)(H,23,27)(H,24,29). The number of aryl methyl sites for hydroxylation is 1. The molecule has 1 saturated heterocycles. The maximum absolute atomic E-state index is 12.7. The van der Waals surface area contributed by atoms with E-state index >= 15 is 0 Å². The molecule has 1 aliphatic heterocycles. The van der Waals surface area contributed by atoms with Gasteiger partial charge in [0.1, 0.15) is 12.6 Å². The maximum Gasteiger partial charge on any atom is 0.405 e. The molecule has 156 valence electrons. The number of likely N-dealkylation sites (tertiary alicyclic amines) is 1. The molecule has 0 saturated carbocycles. The van der Waals surface area contributed by atoms with E-state index in [0.717, 1.165) is 0 Å². The van der Waals surface area contributed by atoms with Crippen LogP contribution < -0.4 is 16.3 Å². The van der Waals surface area contributed by atoms with E-state index in [-0.39, 0.29) is 18.7 Å². The highest BCUT2D eigenvalue weighted by Gasteiger charge is 2.36. The maximum atomic E-state index is 12.7. The first-order valence-electron chi connectivity index (χ1n) is 8.96. The summed E-state index contributed by atoms with van der Waals surface area (Å²) < 4.78 is 38.4. The summed E-state index contributed by atoms with van der Waals surface area (Å²) in [6, 6.07) is 5.01. The third-order valence-corrected chi connectivity index (χ3v) is 4.63. The van der Waals surface area contributed by atoms with Gasteiger partial charge in [-0.15, -0.1) is 0 Å². The van der Waals surface area contributed by atoms with Gasteiger partial charge in [-0.25, -0.2) is 9.59 Å². The zero-order chi connectivity index (χ0) is 21.2. The molecule has 0 bridgehead atoms. The fraction of sp³-hybridized carbons (Fsp3) is 0.389. The molecule has 1 aromatic carbocycles. The number of nitrogens with zero attached hydrogens (tertiary/aromatic N) is 2. The van der Waals surface area contributed by atoms with Gasteiger partial charge in [0.25, 0.3) is 0 Å². The van der Waals surface area contributed by atoms with E-state index in [4.69, 9.17) is 0 Å². The van der Waals surface area contributed by atoms with Crippen LogP contribution in [0.2, 0.25) is 0 Å². The Kier molecular flexibility index (Phi) is 5.66. The average Bonchev–Trinajstić information content (AvgIpc) is 3.27. The molecule has 8 nitrogen and oxygen atoms in total. The van der Waals surface area contributed by atoms with Crippen LogP contribution in [0.5, 0.6) is 0 Å². The SMILES string of the molecule is Cc1c[nH]c(=O)n1-c1ccccc1NC(=O)N1CCCC1C(=O)NCC(F)(F)F. The number of anilines is 1. The lowest BCUT2D eigenvalue weighted by atomic mass is 10.2. The highest BCUT2D eigenvalue weighted by molar-refractivity contribution is 5.95. The number of aromatic nitrogens is 2. The summed E-state index contributed by atoms with van der Waals surface area (Å²) in [5.41, 5.74) is 1.02. The summed E-state index contributed by atoms with van der Waals surface area (Å²) in [4.78, 5) is 40.7. The third kappa shape index (κ3) is 4.61. The van der Waals surface area contributed by atoms with Crippen molar-refractivity contribution in [1.82, 2.24) is 19.8 Å². The predicted molar refractivity (Wildman–Crippen MR) is 98.9 cm³/mol. The number of alkyl halides is 3. The Bertz CT molecular complexity index is 966. The van der Waals surface area contributed by atoms with Crippen LogP contribution >= 0.6 is 0 Å². The number of nitrogens with one attached hydrogen (secondary N) is 3. The van der Waals surface area contributed by atoms with Gasteiger partial charge in [0.05, 0.1) is 11.4 Å². The Morgan fingerprint density at radius 1 is 1.28 bits per heavy atom. The van der Waals surface area contributed by atoms with Gasteiger partial charge in [0.15, 0.2) is 0 Å². The molecule has 1 unspecified atom stereocenters. The number of imidazole rings is 1. The van der Waals surface area contributed by atoms with Gasteiger partial charge in [-0.05, 0) is 31.9 Å². The van der Waals surface area contributed by atoms with Crippen LogP contribution in [-0.2, 0) is 4.79 Å². The number of urea groups is 1. The Morgan fingerprint density at radius 2 is 2.00 bits per heavy atom. The first-order valence-corrected chi connectivity index (χ1v) is 8.96.